The third kappa shape index (κ3) is 3.25. The Labute approximate surface area is 311 Å². The van der Waals surface area contributed by atoms with E-state index in [1.54, 1.807) is 0 Å². The minimum atomic E-state index is -0.806. The highest BCUT2D eigenvalue weighted by atomic mass is 16.3. The summed E-state index contributed by atoms with van der Waals surface area (Å²) in [5.74, 6) is -0.560. The lowest BCUT2D eigenvalue weighted by Gasteiger charge is -2.13. The van der Waals surface area contributed by atoms with Crippen LogP contribution in [-0.2, 0) is 0 Å². The van der Waals surface area contributed by atoms with Gasteiger partial charge in [-0.15, -0.1) is 0 Å². The van der Waals surface area contributed by atoms with Crippen LogP contribution in [0.25, 0.3) is 116 Å². The molecule has 0 N–H and O–H groups in total. The van der Waals surface area contributed by atoms with Gasteiger partial charge < -0.3 is 13.4 Å². The molecule has 0 unspecified atom stereocenters. The molecular formula is C45H24N2O2. The number of aromatic nitrogens is 2. The molecule has 1 aliphatic rings. The van der Waals surface area contributed by atoms with Crippen molar-refractivity contribution in [2.75, 3.05) is 0 Å². The first kappa shape index (κ1) is 12.4. The zero-order valence-corrected chi connectivity index (χ0v) is 24.3. The molecule has 0 radical (unpaired) electrons. The predicted molar refractivity (Wildman–Crippen MR) is 201 cm³/mol. The molecule has 3 heterocycles. The summed E-state index contributed by atoms with van der Waals surface area (Å²) in [6.45, 7) is 0. The number of rotatable bonds is 2. The first-order valence-corrected chi connectivity index (χ1v) is 14.8. The van der Waals surface area contributed by atoms with Crippen LogP contribution in [0, 0.1) is 0 Å². The van der Waals surface area contributed by atoms with Crippen LogP contribution in [0.4, 0.5) is 0 Å². The molecule has 0 saturated heterocycles. The number of para-hydroxylation sites is 2. The number of oxazole rings is 1. The second-order valence-electron chi connectivity index (χ2n) is 11.3. The number of furan rings is 1. The fourth-order valence-corrected chi connectivity index (χ4v) is 6.87. The van der Waals surface area contributed by atoms with Crippen molar-refractivity contribution in [1.82, 2.24) is 9.55 Å². The summed E-state index contributed by atoms with van der Waals surface area (Å²) in [6, 6.07) is -15.2. The zero-order valence-electron chi connectivity index (χ0n) is 47.3. The molecule has 49 heavy (non-hydrogen) atoms. The topological polar surface area (TPSA) is 44.1 Å². The van der Waals surface area contributed by atoms with Crippen molar-refractivity contribution in [3.8, 4) is 39.4 Å². The fourth-order valence-electron chi connectivity index (χ4n) is 6.87. The molecule has 4 nitrogen and oxygen atoms in total. The molecule has 11 aromatic rings. The van der Waals surface area contributed by atoms with Gasteiger partial charge in [-0.25, -0.2) is 4.98 Å². The van der Waals surface area contributed by atoms with Crippen molar-refractivity contribution in [1.29, 1.82) is 0 Å². The SMILES string of the molecule is [2H]c1c([2H])c([2H])c2c(c1[2H])-c1c([2H])c([2H])c([2H])c3c([2H])c([2H])c4c(c13)c1c-2c([2H])c([2H])c([2H])c1n4-c1cc2c(oc3c4c([2H])c([2H])c([2H])c([2H])c4c(-c4nc5c([2H])c([2H])c([2H])c([2H])c5o4)c([2H])c23)c([2H])c1[2H]. The third-order valence-corrected chi connectivity index (χ3v) is 8.85. The van der Waals surface area contributed by atoms with Crippen molar-refractivity contribution in [2.45, 2.75) is 0 Å². The first-order valence-electron chi connectivity index (χ1n) is 26.3. The van der Waals surface area contributed by atoms with Crippen molar-refractivity contribution >= 4 is 76.4 Å². The number of benzene rings is 8. The molecule has 0 aliphatic heterocycles. The van der Waals surface area contributed by atoms with Crippen molar-refractivity contribution in [2.24, 2.45) is 0 Å². The van der Waals surface area contributed by atoms with E-state index in [1.807, 2.05) is 0 Å². The molecule has 1 aliphatic carbocycles. The Balaban J connectivity index is 1.33. The van der Waals surface area contributed by atoms with E-state index >= 15 is 0 Å². The highest BCUT2D eigenvalue weighted by molar-refractivity contribution is 6.30. The van der Waals surface area contributed by atoms with E-state index in [2.05, 4.69) is 4.98 Å². The van der Waals surface area contributed by atoms with Gasteiger partial charge in [0.15, 0.2) is 5.58 Å². The van der Waals surface area contributed by atoms with Crippen molar-refractivity contribution < 1.29 is 40.4 Å². The van der Waals surface area contributed by atoms with Gasteiger partial charge in [0, 0.05) is 38.2 Å². The monoisotopic (exact) mass is 647 g/mol. The van der Waals surface area contributed by atoms with Gasteiger partial charge >= 0.3 is 0 Å². The number of fused-ring (bicyclic) bond motifs is 9. The van der Waals surface area contributed by atoms with Gasteiger partial charge in [0.2, 0.25) is 5.89 Å². The average molecular weight is 648 g/mol. The van der Waals surface area contributed by atoms with Crippen molar-refractivity contribution in [3.05, 3.63) is 145 Å². The molecule has 8 aromatic carbocycles. The van der Waals surface area contributed by atoms with E-state index in [0.717, 1.165) is 4.57 Å². The highest BCUT2D eigenvalue weighted by Gasteiger charge is 2.25. The fraction of sp³-hybridized carbons (Fsp3) is 0. The predicted octanol–water partition coefficient (Wildman–Crippen LogP) is 12.4. The normalized spacial score (nSPS) is 19.1. The standard InChI is InChI=1S/C45H24N2O2/c1-2-11-28-27(10-1)30-14-7-9-25-19-21-38-43(41(25)30)42-31(28)15-8-17-37(42)47(38)26-20-22-39-33(23-26)34-24-35(29-12-3-4-13-32(29)44(34)48-39)45-46-36-16-5-6-18-40(36)49-45/h1-24H/i1D,2D,3D,4D,5D,6D,7D,8D,9D,10D,11D,12D,13D,14D,15D,16D,17D,18D,19D,20D,21D,22D,24D. The quantitative estimate of drug-likeness (QED) is 0.187. The molecule has 4 heteroatoms. The molecule has 0 spiro atoms. The highest BCUT2D eigenvalue weighted by Crippen LogP contribution is 2.50. The van der Waals surface area contributed by atoms with Crippen LogP contribution < -0.4 is 0 Å². The van der Waals surface area contributed by atoms with Gasteiger partial charge in [-0.1, -0.05) is 96.7 Å². The largest absolute Gasteiger partial charge is 0.455 e. The Morgan fingerprint density at radius 2 is 1.22 bits per heavy atom. The minimum absolute atomic E-state index is 0.179. The van der Waals surface area contributed by atoms with Crippen LogP contribution in [0.2, 0.25) is 0 Å². The minimum Gasteiger partial charge on any atom is -0.455 e. The summed E-state index contributed by atoms with van der Waals surface area (Å²) in [6.07, 6.45) is 0. The van der Waals surface area contributed by atoms with Gasteiger partial charge in [-0.3, -0.25) is 0 Å². The van der Waals surface area contributed by atoms with E-state index in [0.29, 0.717) is 0 Å². The summed E-state index contributed by atoms with van der Waals surface area (Å²) >= 11 is 0. The molecule has 0 fully saturated rings. The Kier molecular flexibility index (Phi) is 2.29. The summed E-state index contributed by atoms with van der Waals surface area (Å²) in [4.78, 5) is 4.32. The Morgan fingerprint density at radius 1 is 0.490 bits per heavy atom. The summed E-state index contributed by atoms with van der Waals surface area (Å²) in [7, 11) is 0. The van der Waals surface area contributed by atoms with E-state index in [9.17, 15) is 12.3 Å². The molecule has 0 atom stereocenters. The lowest BCUT2D eigenvalue weighted by Crippen LogP contribution is -1.94. The van der Waals surface area contributed by atoms with Crippen LogP contribution in [0.3, 0.4) is 0 Å². The molecule has 0 bridgehead atoms. The smallest absolute Gasteiger partial charge is 0.227 e. The molecular weight excluding hydrogens is 601 g/mol. The molecule has 3 aromatic heterocycles. The van der Waals surface area contributed by atoms with Crippen LogP contribution in [0.15, 0.2) is 154 Å². The third-order valence-electron chi connectivity index (χ3n) is 8.85. The summed E-state index contributed by atoms with van der Waals surface area (Å²) < 4.78 is 221. The maximum atomic E-state index is 9.80. The van der Waals surface area contributed by atoms with Crippen LogP contribution in [0.1, 0.15) is 31.5 Å². The van der Waals surface area contributed by atoms with Gasteiger partial charge in [-0.2, -0.15) is 0 Å². The second kappa shape index (κ2) is 9.03. The summed E-state index contributed by atoms with van der Waals surface area (Å²) in [5.41, 5.74) is -4.69. The molecule has 0 amide bonds. The van der Waals surface area contributed by atoms with Gasteiger partial charge in [0.1, 0.15) is 16.7 Å². The number of hydrogen-bond acceptors (Lipinski definition) is 3. The van der Waals surface area contributed by atoms with E-state index < -0.39 is 173 Å². The lowest BCUT2D eigenvalue weighted by atomic mass is 9.93. The van der Waals surface area contributed by atoms with E-state index in [1.165, 1.54) is 6.07 Å². The van der Waals surface area contributed by atoms with E-state index in [-0.39, 0.29) is 81.9 Å². The maximum absolute atomic E-state index is 9.80. The van der Waals surface area contributed by atoms with Gasteiger partial charge in [0.25, 0.3) is 0 Å². The molecule has 0 saturated carbocycles. The Bertz CT molecular complexity index is 4510. The lowest BCUT2D eigenvalue weighted by molar-refractivity contribution is 0.620. The van der Waals surface area contributed by atoms with Crippen LogP contribution in [-0.4, -0.2) is 9.55 Å². The molecule has 226 valence electrons. The summed E-state index contributed by atoms with van der Waals surface area (Å²) in [5, 5.41) is -2.21. The van der Waals surface area contributed by atoms with Gasteiger partial charge in [0.05, 0.1) is 42.6 Å². The maximum Gasteiger partial charge on any atom is 0.227 e. The zero-order chi connectivity index (χ0) is 51.8. The van der Waals surface area contributed by atoms with Gasteiger partial charge in [-0.05, 0) is 86.8 Å². The number of nitrogens with zero attached hydrogens (tertiary/aromatic N) is 2. The molecule has 12 rings (SSSR count). The Hall–Kier alpha value is -6.65. The van der Waals surface area contributed by atoms with Crippen LogP contribution in [0.5, 0.6) is 0 Å². The van der Waals surface area contributed by atoms with Crippen molar-refractivity contribution in [3.63, 3.8) is 0 Å². The number of hydrogen-bond donors (Lipinski definition) is 0. The second-order valence-corrected chi connectivity index (χ2v) is 11.3. The van der Waals surface area contributed by atoms with E-state index in [4.69, 9.17) is 28.0 Å². The Morgan fingerprint density at radius 3 is 2.12 bits per heavy atom. The average Bonchev–Trinajstić information content (AvgIpc) is 4.05. The first-order chi connectivity index (χ1) is 33.9. The van der Waals surface area contributed by atoms with Crippen LogP contribution >= 0.6 is 0 Å².